The molecular weight excluding hydrogens is 210 g/mol. The first kappa shape index (κ1) is 10.6. The molecule has 1 aliphatic rings. The topological polar surface area (TPSA) is 66.8 Å². The number of hydrogen-bond acceptors (Lipinski definition) is 4. The van der Waals surface area contributed by atoms with Crippen LogP contribution in [0.1, 0.15) is 22.1 Å². The van der Waals surface area contributed by atoms with Crippen LogP contribution in [0, 0.1) is 0 Å². The molecule has 1 aromatic carbocycles. The number of ether oxygens (including phenoxy) is 1. The van der Waals surface area contributed by atoms with Crippen LogP contribution in [0.15, 0.2) is 24.3 Å². The maximum absolute atomic E-state index is 11.8. The van der Waals surface area contributed by atoms with E-state index in [-0.39, 0.29) is 12.5 Å². The summed E-state index contributed by atoms with van der Waals surface area (Å²) in [6.07, 6.45) is -1.07. The van der Waals surface area contributed by atoms with E-state index in [0.717, 1.165) is 4.90 Å². The maximum atomic E-state index is 11.8. The van der Waals surface area contributed by atoms with Crippen molar-refractivity contribution in [1.82, 2.24) is 4.90 Å². The second-order valence-electron chi connectivity index (χ2n) is 3.47. The van der Waals surface area contributed by atoms with Crippen LogP contribution in [0.4, 0.5) is 0 Å². The summed E-state index contributed by atoms with van der Waals surface area (Å²) < 4.78 is 4.46. The Labute approximate surface area is 92.2 Å². The second kappa shape index (κ2) is 3.94. The lowest BCUT2D eigenvalue weighted by Crippen LogP contribution is -2.33. The summed E-state index contributed by atoms with van der Waals surface area (Å²) >= 11 is 0. The molecule has 0 saturated carbocycles. The van der Waals surface area contributed by atoms with Crippen molar-refractivity contribution in [2.45, 2.75) is 6.23 Å². The van der Waals surface area contributed by atoms with E-state index in [9.17, 15) is 14.7 Å². The fourth-order valence-corrected chi connectivity index (χ4v) is 1.71. The summed E-state index contributed by atoms with van der Waals surface area (Å²) in [6, 6.07) is 6.73. The van der Waals surface area contributed by atoms with E-state index in [1.165, 1.54) is 7.11 Å². The Hall–Kier alpha value is -1.88. The van der Waals surface area contributed by atoms with Gasteiger partial charge in [0.15, 0.2) is 6.23 Å². The van der Waals surface area contributed by atoms with Crippen LogP contribution >= 0.6 is 0 Å². The van der Waals surface area contributed by atoms with Gasteiger partial charge in [-0.25, -0.2) is 0 Å². The molecule has 16 heavy (non-hydrogen) atoms. The number of nitrogens with zero attached hydrogens (tertiary/aromatic N) is 1. The van der Waals surface area contributed by atoms with Crippen molar-refractivity contribution < 1.29 is 19.4 Å². The van der Waals surface area contributed by atoms with Crippen molar-refractivity contribution in [3.63, 3.8) is 0 Å². The van der Waals surface area contributed by atoms with Gasteiger partial charge >= 0.3 is 5.97 Å². The summed E-state index contributed by atoms with van der Waals surface area (Å²) in [5.41, 5.74) is 0.954. The van der Waals surface area contributed by atoms with E-state index in [1.807, 2.05) is 0 Å². The third-order valence-corrected chi connectivity index (χ3v) is 2.55. The molecule has 1 heterocycles. The molecule has 5 heteroatoms. The lowest BCUT2D eigenvalue weighted by atomic mass is 10.1. The Morgan fingerprint density at radius 2 is 2.19 bits per heavy atom. The SMILES string of the molecule is COC(=O)CN1C(=O)c2ccccc2[C@H]1O. The first-order chi connectivity index (χ1) is 7.65. The summed E-state index contributed by atoms with van der Waals surface area (Å²) in [7, 11) is 1.24. The molecule has 84 valence electrons. The number of methoxy groups -OCH3 is 1. The predicted molar refractivity (Wildman–Crippen MR) is 54.5 cm³/mol. The molecule has 0 aromatic heterocycles. The summed E-state index contributed by atoms with van der Waals surface area (Å²) in [5.74, 6) is -0.909. The van der Waals surface area contributed by atoms with Crippen LogP contribution in [0.5, 0.6) is 0 Å². The highest BCUT2D eigenvalue weighted by Crippen LogP contribution is 2.30. The summed E-state index contributed by atoms with van der Waals surface area (Å²) in [4.78, 5) is 24.0. The molecular formula is C11H11NO4. The molecule has 1 aromatic rings. The quantitative estimate of drug-likeness (QED) is 0.730. The van der Waals surface area contributed by atoms with Crippen LogP contribution in [-0.2, 0) is 9.53 Å². The van der Waals surface area contributed by atoms with Crippen LogP contribution < -0.4 is 0 Å². The first-order valence-corrected chi connectivity index (χ1v) is 4.80. The minimum absolute atomic E-state index is 0.245. The van der Waals surface area contributed by atoms with Gasteiger partial charge in [0.25, 0.3) is 5.91 Å². The molecule has 0 radical (unpaired) electrons. The van der Waals surface area contributed by atoms with Crippen molar-refractivity contribution in [3.8, 4) is 0 Å². The summed E-state index contributed by atoms with van der Waals surface area (Å²) in [5, 5.41) is 9.85. The number of fused-ring (bicyclic) bond motifs is 1. The molecule has 0 saturated heterocycles. The van der Waals surface area contributed by atoms with E-state index in [1.54, 1.807) is 24.3 Å². The molecule has 5 nitrogen and oxygen atoms in total. The Bertz CT molecular complexity index is 443. The van der Waals surface area contributed by atoms with Crippen molar-refractivity contribution in [3.05, 3.63) is 35.4 Å². The minimum atomic E-state index is -1.07. The molecule has 1 N–H and O–H groups in total. The number of aliphatic hydroxyl groups is 1. The third kappa shape index (κ3) is 1.55. The number of carbonyl (C=O) groups is 2. The van der Waals surface area contributed by atoms with Gasteiger partial charge < -0.3 is 9.84 Å². The van der Waals surface area contributed by atoms with Gasteiger partial charge in [0.1, 0.15) is 6.54 Å². The zero-order valence-corrected chi connectivity index (χ0v) is 8.71. The molecule has 1 amide bonds. The van der Waals surface area contributed by atoms with Gasteiger partial charge in [-0.1, -0.05) is 18.2 Å². The summed E-state index contributed by atoms with van der Waals surface area (Å²) in [6.45, 7) is -0.245. The van der Waals surface area contributed by atoms with Crippen molar-refractivity contribution in [2.75, 3.05) is 13.7 Å². The minimum Gasteiger partial charge on any atom is -0.468 e. The Kier molecular flexibility index (Phi) is 2.62. The maximum Gasteiger partial charge on any atom is 0.325 e. The van der Waals surface area contributed by atoms with Crippen molar-refractivity contribution in [2.24, 2.45) is 0 Å². The molecule has 2 rings (SSSR count). The van der Waals surface area contributed by atoms with Crippen LogP contribution in [0.3, 0.4) is 0 Å². The van der Waals surface area contributed by atoms with E-state index in [2.05, 4.69) is 4.74 Å². The molecule has 0 bridgehead atoms. The highest BCUT2D eigenvalue weighted by Gasteiger charge is 2.36. The Balaban J connectivity index is 2.28. The second-order valence-corrected chi connectivity index (χ2v) is 3.47. The number of benzene rings is 1. The highest BCUT2D eigenvalue weighted by molar-refractivity contribution is 6.00. The largest absolute Gasteiger partial charge is 0.468 e. The van der Waals surface area contributed by atoms with Gasteiger partial charge in [0, 0.05) is 11.1 Å². The molecule has 0 spiro atoms. The fraction of sp³-hybridized carbons (Fsp3) is 0.273. The fourth-order valence-electron chi connectivity index (χ4n) is 1.71. The van der Waals surface area contributed by atoms with Crippen LogP contribution in [0.2, 0.25) is 0 Å². The molecule has 0 fully saturated rings. The lowest BCUT2D eigenvalue weighted by Gasteiger charge is -2.18. The average molecular weight is 221 g/mol. The number of aliphatic hydroxyl groups excluding tert-OH is 1. The predicted octanol–water partition coefficient (Wildman–Crippen LogP) is 0.306. The number of hydrogen-bond donors (Lipinski definition) is 1. The van der Waals surface area contributed by atoms with Gasteiger partial charge in [-0.2, -0.15) is 0 Å². The Morgan fingerprint density at radius 3 is 2.81 bits per heavy atom. The van der Waals surface area contributed by atoms with Crippen LogP contribution in [-0.4, -0.2) is 35.5 Å². The first-order valence-electron chi connectivity index (χ1n) is 4.80. The average Bonchev–Trinajstić information content (AvgIpc) is 2.55. The molecule has 1 atom stereocenters. The van der Waals surface area contributed by atoms with E-state index < -0.39 is 12.2 Å². The van der Waals surface area contributed by atoms with Gasteiger partial charge in [-0.15, -0.1) is 0 Å². The molecule has 0 aliphatic carbocycles. The van der Waals surface area contributed by atoms with E-state index in [4.69, 9.17) is 0 Å². The smallest absolute Gasteiger partial charge is 0.325 e. The highest BCUT2D eigenvalue weighted by atomic mass is 16.5. The number of amides is 1. The number of rotatable bonds is 2. The lowest BCUT2D eigenvalue weighted by molar-refractivity contribution is -0.143. The van der Waals surface area contributed by atoms with Gasteiger partial charge in [-0.3, -0.25) is 14.5 Å². The zero-order valence-electron chi connectivity index (χ0n) is 8.71. The third-order valence-electron chi connectivity index (χ3n) is 2.55. The standard InChI is InChI=1S/C11H11NO4/c1-16-9(13)6-12-10(14)7-4-2-3-5-8(7)11(12)15/h2-5,10,14H,6H2,1H3/t10-/m1/s1. The van der Waals surface area contributed by atoms with E-state index in [0.29, 0.717) is 11.1 Å². The van der Waals surface area contributed by atoms with E-state index >= 15 is 0 Å². The van der Waals surface area contributed by atoms with Crippen molar-refractivity contribution in [1.29, 1.82) is 0 Å². The molecule has 1 aliphatic heterocycles. The monoisotopic (exact) mass is 221 g/mol. The van der Waals surface area contributed by atoms with Gasteiger partial charge in [0.05, 0.1) is 7.11 Å². The van der Waals surface area contributed by atoms with Gasteiger partial charge in [-0.05, 0) is 6.07 Å². The molecule has 0 unspecified atom stereocenters. The number of esters is 1. The van der Waals surface area contributed by atoms with Gasteiger partial charge in [0.2, 0.25) is 0 Å². The Morgan fingerprint density at radius 1 is 1.50 bits per heavy atom. The van der Waals surface area contributed by atoms with Crippen LogP contribution in [0.25, 0.3) is 0 Å². The zero-order chi connectivity index (χ0) is 11.7. The normalized spacial score (nSPS) is 18.5. The van der Waals surface area contributed by atoms with Crippen molar-refractivity contribution >= 4 is 11.9 Å². The number of carbonyl (C=O) groups excluding carboxylic acids is 2.